The predicted molar refractivity (Wildman–Crippen MR) is 71.5 cm³/mol. The fraction of sp³-hybridized carbons (Fsp3) is 1.00. The summed E-state index contributed by atoms with van der Waals surface area (Å²) < 4.78 is 0. The largest absolute Gasteiger partial charge is 0.0651 e. The van der Waals surface area contributed by atoms with Crippen LogP contribution < -0.4 is 0 Å². The van der Waals surface area contributed by atoms with Gasteiger partial charge in [-0.3, -0.25) is 0 Å². The summed E-state index contributed by atoms with van der Waals surface area (Å²) in [6.07, 6.45) is 13.5. The van der Waals surface area contributed by atoms with Crippen LogP contribution in [0.2, 0.25) is 0 Å². The zero-order valence-corrected chi connectivity index (χ0v) is 11.6. The van der Waals surface area contributed by atoms with Crippen molar-refractivity contribution in [1.82, 2.24) is 0 Å². The molecule has 16 heavy (non-hydrogen) atoms. The van der Waals surface area contributed by atoms with Crippen LogP contribution in [0.3, 0.4) is 0 Å². The molecule has 2 rings (SSSR count). The Morgan fingerprint density at radius 2 is 1.88 bits per heavy atom. The van der Waals surface area contributed by atoms with Crippen LogP contribution in [0.15, 0.2) is 0 Å². The molecule has 0 nitrogen and oxygen atoms in total. The summed E-state index contributed by atoms with van der Waals surface area (Å²) in [5, 5.41) is 0. The van der Waals surface area contributed by atoms with Crippen LogP contribution in [-0.4, -0.2) is 0 Å². The van der Waals surface area contributed by atoms with Crippen molar-refractivity contribution in [3.63, 3.8) is 0 Å². The highest BCUT2D eigenvalue weighted by Crippen LogP contribution is 2.63. The van der Waals surface area contributed by atoms with Gasteiger partial charge in [0.15, 0.2) is 0 Å². The minimum atomic E-state index is 0.784. The van der Waals surface area contributed by atoms with E-state index in [1.165, 1.54) is 38.5 Å². The molecule has 0 aromatic heterocycles. The van der Waals surface area contributed by atoms with Gasteiger partial charge in [0.05, 0.1) is 0 Å². The van der Waals surface area contributed by atoms with Crippen molar-refractivity contribution in [2.24, 2.45) is 23.2 Å². The van der Waals surface area contributed by atoms with Crippen molar-refractivity contribution in [1.29, 1.82) is 0 Å². The summed E-state index contributed by atoms with van der Waals surface area (Å²) in [6.45, 7) is 7.28. The molecule has 2 fully saturated rings. The molecule has 0 aromatic carbocycles. The Labute approximate surface area is 102 Å². The van der Waals surface area contributed by atoms with Crippen molar-refractivity contribution < 1.29 is 0 Å². The lowest BCUT2D eigenvalue weighted by atomic mass is 9.80. The van der Waals surface area contributed by atoms with E-state index < -0.39 is 0 Å². The van der Waals surface area contributed by atoms with Crippen molar-refractivity contribution in [2.45, 2.75) is 78.6 Å². The molecule has 2 aliphatic carbocycles. The van der Waals surface area contributed by atoms with Gasteiger partial charge >= 0.3 is 0 Å². The van der Waals surface area contributed by atoms with Crippen LogP contribution in [0.4, 0.5) is 0 Å². The molecule has 0 heteroatoms. The zero-order valence-electron chi connectivity index (χ0n) is 11.6. The second-order valence-corrected chi connectivity index (χ2v) is 6.54. The fourth-order valence-corrected chi connectivity index (χ4v) is 4.29. The lowest BCUT2D eigenvalue weighted by Gasteiger charge is -2.25. The highest BCUT2D eigenvalue weighted by atomic mass is 14.6. The molecule has 0 amide bonds. The van der Waals surface area contributed by atoms with Crippen LogP contribution in [0, 0.1) is 23.2 Å². The molecule has 0 aliphatic heterocycles. The first-order chi connectivity index (χ1) is 7.73. The molecule has 3 atom stereocenters. The van der Waals surface area contributed by atoms with Gasteiger partial charge in [0.2, 0.25) is 0 Å². The minimum absolute atomic E-state index is 0.784. The van der Waals surface area contributed by atoms with E-state index in [9.17, 15) is 0 Å². The van der Waals surface area contributed by atoms with E-state index in [0.717, 1.165) is 23.2 Å². The van der Waals surface area contributed by atoms with Crippen molar-refractivity contribution in [3.05, 3.63) is 0 Å². The highest BCUT2D eigenvalue weighted by Gasteiger charge is 2.54. The van der Waals surface area contributed by atoms with Gasteiger partial charge in [0, 0.05) is 0 Å². The third-order valence-electron chi connectivity index (χ3n) is 5.86. The van der Waals surface area contributed by atoms with Crippen molar-refractivity contribution in [3.8, 4) is 0 Å². The average molecular weight is 222 g/mol. The Bertz CT molecular complexity index is 214. The molecule has 0 spiro atoms. The van der Waals surface area contributed by atoms with E-state index in [-0.39, 0.29) is 0 Å². The second kappa shape index (κ2) is 5.10. The number of hydrogen-bond donors (Lipinski definition) is 0. The van der Waals surface area contributed by atoms with Gasteiger partial charge in [-0.2, -0.15) is 0 Å². The van der Waals surface area contributed by atoms with Crippen molar-refractivity contribution in [2.75, 3.05) is 0 Å². The van der Waals surface area contributed by atoms with E-state index in [0.29, 0.717) is 0 Å². The molecule has 0 bridgehead atoms. The molecule has 0 N–H and O–H groups in total. The van der Waals surface area contributed by atoms with E-state index in [1.807, 2.05) is 0 Å². The Morgan fingerprint density at radius 3 is 2.38 bits per heavy atom. The SMILES string of the molecule is CCC(C)C1(CCC2CCCC2)CC1CC. The summed E-state index contributed by atoms with van der Waals surface area (Å²) in [4.78, 5) is 0. The minimum Gasteiger partial charge on any atom is -0.0651 e. The molecular formula is C16H30. The molecule has 3 unspecified atom stereocenters. The molecule has 0 radical (unpaired) electrons. The van der Waals surface area contributed by atoms with Gasteiger partial charge in [-0.25, -0.2) is 0 Å². The van der Waals surface area contributed by atoms with Crippen LogP contribution in [-0.2, 0) is 0 Å². The van der Waals surface area contributed by atoms with Gasteiger partial charge in [0.25, 0.3) is 0 Å². The second-order valence-electron chi connectivity index (χ2n) is 6.54. The zero-order chi connectivity index (χ0) is 11.6. The van der Waals surface area contributed by atoms with E-state index in [2.05, 4.69) is 20.8 Å². The summed E-state index contributed by atoms with van der Waals surface area (Å²) in [6, 6.07) is 0. The fourth-order valence-electron chi connectivity index (χ4n) is 4.29. The third-order valence-corrected chi connectivity index (χ3v) is 5.86. The summed E-state index contributed by atoms with van der Waals surface area (Å²) >= 11 is 0. The molecule has 0 heterocycles. The van der Waals surface area contributed by atoms with Gasteiger partial charge in [-0.05, 0) is 42.4 Å². The monoisotopic (exact) mass is 222 g/mol. The number of hydrogen-bond acceptors (Lipinski definition) is 0. The van der Waals surface area contributed by atoms with Crippen LogP contribution >= 0.6 is 0 Å². The third kappa shape index (κ3) is 2.31. The van der Waals surface area contributed by atoms with Gasteiger partial charge in [0.1, 0.15) is 0 Å². The molecule has 0 aromatic rings. The summed E-state index contributed by atoms with van der Waals surface area (Å²) in [5.74, 6) is 3.14. The first-order valence-corrected chi connectivity index (χ1v) is 7.73. The number of rotatable bonds is 6. The van der Waals surface area contributed by atoms with Crippen molar-refractivity contribution >= 4 is 0 Å². The maximum Gasteiger partial charge on any atom is -0.0241 e. The lowest BCUT2D eigenvalue weighted by molar-refractivity contribution is 0.246. The van der Waals surface area contributed by atoms with Gasteiger partial charge < -0.3 is 0 Å². The molecular weight excluding hydrogens is 192 g/mol. The normalized spacial score (nSPS) is 36.6. The Morgan fingerprint density at radius 1 is 1.19 bits per heavy atom. The quantitative estimate of drug-likeness (QED) is 0.563. The standard InChI is InChI=1S/C16H30/c1-4-13(3)16(12-15(16)5-2)11-10-14-8-6-7-9-14/h13-15H,4-12H2,1-3H3. The van der Waals surface area contributed by atoms with Gasteiger partial charge in [-0.15, -0.1) is 0 Å². The average Bonchev–Trinajstić information content (AvgIpc) is 2.79. The summed E-state index contributed by atoms with van der Waals surface area (Å²) in [7, 11) is 0. The van der Waals surface area contributed by atoms with Crippen LogP contribution in [0.25, 0.3) is 0 Å². The summed E-state index contributed by atoms with van der Waals surface area (Å²) in [5.41, 5.74) is 0.784. The molecule has 0 saturated heterocycles. The highest BCUT2D eigenvalue weighted by molar-refractivity contribution is 5.04. The van der Waals surface area contributed by atoms with Crippen LogP contribution in [0.1, 0.15) is 78.6 Å². The Hall–Kier alpha value is 0. The maximum absolute atomic E-state index is 2.50. The first kappa shape index (κ1) is 12.5. The molecule has 94 valence electrons. The molecule has 2 aliphatic rings. The van der Waals surface area contributed by atoms with E-state index in [1.54, 1.807) is 19.3 Å². The van der Waals surface area contributed by atoms with Gasteiger partial charge in [-0.1, -0.05) is 59.3 Å². The topological polar surface area (TPSA) is 0 Å². The van der Waals surface area contributed by atoms with Crippen LogP contribution in [0.5, 0.6) is 0 Å². The Balaban J connectivity index is 1.84. The Kier molecular flexibility index (Phi) is 3.97. The van der Waals surface area contributed by atoms with E-state index in [4.69, 9.17) is 0 Å². The smallest absolute Gasteiger partial charge is 0.0241 e. The lowest BCUT2D eigenvalue weighted by Crippen LogP contribution is -2.16. The first-order valence-electron chi connectivity index (χ1n) is 7.73. The molecule has 2 saturated carbocycles. The predicted octanol–water partition coefficient (Wildman–Crippen LogP) is 5.42. The van der Waals surface area contributed by atoms with E-state index >= 15 is 0 Å². The maximum atomic E-state index is 2.50.